The molecule has 1 aromatic carbocycles. The smallest absolute Gasteiger partial charge is 0.433 e. The van der Waals surface area contributed by atoms with Gasteiger partial charge < -0.3 is 14.1 Å². The maximum absolute atomic E-state index is 12.7. The van der Waals surface area contributed by atoms with Crippen LogP contribution in [0, 0.1) is 10.1 Å². The third kappa shape index (κ3) is 2.63. The Balaban J connectivity index is 2.03. The molecule has 1 aliphatic rings. The Hall–Kier alpha value is -2.54. The molecule has 7 nitrogen and oxygen atoms in total. The number of amides is 1. The zero-order chi connectivity index (χ0) is 16.6. The monoisotopic (exact) mass is 336 g/mol. The van der Waals surface area contributed by atoms with E-state index >= 15 is 0 Å². The highest BCUT2D eigenvalue weighted by Gasteiger charge is 2.30. The molecule has 0 radical (unpaired) electrons. The van der Waals surface area contributed by atoms with Crippen LogP contribution < -0.4 is 9.64 Å². The molecule has 0 atom stereocenters. The summed E-state index contributed by atoms with van der Waals surface area (Å²) in [6.07, 6.45) is 1.46. The number of rotatable bonds is 3. The molecule has 0 aliphatic carbocycles. The van der Waals surface area contributed by atoms with E-state index in [2.05, 4.69) is 0 Å². The Kier molecular flexibility index (Phi) is 3.96. The summed E-state index contributed by atoms with van der Waals surface area (Å²) >= 11 is 6.23. The summed E-state index contributed by atoms with van der Waals surface area (Å²) in [7, 11) is 1.51. The first-order valence-corrected chi connectivity index (χ1v) is 7.32. The maximum atomic E-state index is 12.7. The van der Waals surface area contributed by atoms with Gasteiger partial charge in [0.15, 0.2) is 5.76 Å². The first-order chi connectivity index (χ1) is 11.0. The number of fused-ring (bicyclic) bond motifs is 1. The number of furan rings is 1. The molecule has 1 aliphatic heterocycles. The molecule has 0 saturated heterocycles. The zero-order valence-corrected chi connectivity index (χ0v) is 13.0. The molecule has 120 valence electrons. The van der Waals surface area contributed by atoms with Gasteiger partial charge in [0.05, 0.1) is 18.9 Å². The molecule has 0 saturated carbocycles. The van der Waals surface area contributed by atoms with Crippen molar-refractivity contribution in [3.8, 4) is 5.75 Å². The van der Waals surface area contributed by atoms with Crippen LogP contribution in [0.3, 0.4) is 0 Å². The van der Waals surface area contributed by atoms with Crippen molar-refractivity contribution in [1.29, 1.82) is 0 Å². The molecule has 1 aromatic heterocycles. The number of ether oxygens (including phenoxy) is 1. The van der Waals surface area contributed by atoms with Gasteiger partial charge in [-0.25, -0.2) is 0 Å². The molecule has 0 N–H and O–H groups in total. The van der Waals surface area contributed by atoms with Crippen LogP contribution in [0.15, 0.2) is 28.7 Å². The van der Waals surface area contributed by atoms with E-state index in [0.29, 0.717) is 23.0 Å². The highest BCUT2D eigenvalue weighted by Crippen LogP contribution is 2.41. The SMILES string of the molecule is COc1ccc(Cl)c2c1N(C(=O)c1ccc([N+](=O)[O-])o1)CCC2. The lowest BCUT2D eigenvalue weighted by Crippen LogP contribution is -2.35. The summed E-state index contributed by atoms with van der Waals surface area (Å²) in [5, 5.41) is 11.3. The minimum absolute atomic E-state index is 0.0911. The minimum atomic E-state index is -0.682. The highest BCUT2D eigenvalue weighted by atomic mass is 35.5. The van der Waals surface area contributed by atoms with E-state index in [-0.39, 0.29) is 5.76 Å². The predicted molar refractivity (Wildman–Crippen MR) is 83.4 cm³/mol. The Morgan fingerprint density at radius 3 is 2.83 bits per heavy atom. The van der Waals surface area contributed by atoms with Gasteiger partial charge in [-0.3, -0.25) is 14.9 Å². The Bertz CT molecular complexity index is 786. The fourth-order valence-electron chi connectivity index (χ4n) is 2.69. The number of methoxy groups -OCH3 is 1. The van der Waals surface area contributed by atoms with Crippen molar-refractivity contribution < 1.29 is 18.9 Å². The number of hydrogen-bond donors (Lipinski definition) is 0. The highest BCUT2D eigenvalue weighted by molar-refractivity contribution is 6.32. The number of benzene rings is 1. The average Bonchev–Trinajstić information content (AvgIpc) is 3.04. The molecule has 1 amide bonds. The molecule has 2 aromatic rings. The topological polar surface area (TPSA) is 85.8 Å². The van der Waals surface area contributed by atoms with Crippen LogP contribution in [0.25, 0.3) is 0 Å². The average molecular weight is 337 g/mol. The van der Waals surface area contributed by atoms with Gasteiger partial charge in [-0.05, 0) is 36.6 Å². The number of carbonyl (C=O) groups excluding carboxylic acids is 1. The fraction of sp³-hybridized carbons (Fsp3) is 0.267. The van der Waals surface area contributed by atoms with Crippen LogP contribution in [0.4, 0.5) is 11.6 Å². The standard InChI is InChI=1S/C15H13ClN2O5/c1-22-11-5-4-10(16)9-3-2-8-17(14(9)11)15(19)12-6-7-13(23-12)18(20)21/h4-7H,2-3,8H2,1H3. The van der Waals surface area contributed by atoms with Gasteiger partial charge in [0.2, 0.25) is 0 Å². The van der Waals surface area contributed by atoms with Crippen LogP contribution in [0.5, 0.6) is 5.75 Å². The summed E-state index contributed by atoms with van der Waals surface area (Å²) in [5.41, 5.74) is 1.42. The number of anilines is 1. The van der Waals surface area contributed by atoms with Crippen LogP contribution in [-0.2, 0) is 6.42 Å². The van der Waals surface area contributed by atoms with Gasteiger partial charge in [-0.15, -0.1) is 0 Å². The third-order valence-corrected chi connectivity index (χ3v) is 4.07. The van der Waals surface area contributed by atoms with Crippen molar-refractivity contribution in [3.63, 3.8) is 0 Å². The van der Waals surface area contributed by atoms with Crippen LogP contribution >= 0.6 is 11.6 Å². The number of nitrogens with zero attached hydrogens (tertiary/aromatic N) is 2. The second kappa shape index (κ2) is 5.92. The lowest BCUT2D eigenvalue weighted by Gasteiger charge is -2.30. The van der Waals surface area contributed by atoms with E-state index in [1.807, 2.05) is 0 Å². The fourth-order valence-corrected chi connectivity index (χ4v) is 2.94. The van der Waals surface area contributed by atoms with Crippen molar-refractivity contribution in [1.82, 2.24) is 0 Å². The second-order valence-corrected chi connectivity index (χ2v) is 5.44. The van der Waals surface area contributed by atoms with Crippen molar-refractivity contribution in [2.24, 2.45) is 0 Å². The van der Waals surface area contributed by atoms with Crippen LogP contribution in [0.2, 0.25) is 5.02 Å². The summed E-state index contributed by atoms with van der Waals surface area (Å²) in [4.78, 5) is 24.2. The number of halogens is 1. The van der Waals surface area contributed by atoms with Crippen molar-refractivity contribution in [2.45, 2.75) is 12.8 Å². The molecule has 23 heavy (non-hydrogen) atoms. The van der Waals surface area contributed by atoms with Crippen LogP contribution in [-0.4, -0.2) is 24.5 Å². The molecule has 8 heteroatoms. The summed E-state index contributed by atoms with van der Waals surface area (Å²) in [6, 6.07) is 5.88. The van der Waals surface area contributed by atoms with E-state index in [9.17, 15) is 14.9 Å². The molecular weight excluding hydrogens is 324 g/mol. The quantitative estimate of drug-likeness (QED) is 0.633. The lowest BCUT2D eigenvalue weighted by atomic mass is 10.0. The molecule has 2 heterocycles. The minimum Gasteiger partial charge on any atom is -0.495 e. The maximum Gasteiger partial charge on any atom is 0.433 e. The first kappa shape index (κ1) is 15.4. The first-order valence-electron chi connectivity index (χ1n) is 6.94. The predicted octanol–water partition coefficient (Wildman–Crippen LogP) is 3.44. The van der Waals surface area contributed by atoms with Crippen LogP contribution in [0.1, 0.15) is 22.5 Å². The van der Waals surface area contributed by atoms with Gasteiger partial charge >= 0.3 is 5.88 Å². The Morgan fingerprint density at radius 2 is 2.17 bits per heavy atom. The zero-order valence-electron chi connectivity index (χ0n) is 12.2. The molecule has 0 fully saturated rings. The summed E-state index contributed by atoms with van der Waals surface area (Å²) < 4.78 is 10.4. The number of hydrogen-bond acceptors (Lipinski definition) is 5. The Morgan fingerprint density at radius 1 is 1.39 bits per heavy atom. The Labute approximate surface area is 136 Å². The second-order valence-electron chi connectivity index (χ2n) is 5.03. The van der Waals surface area contributed by atoms with Gasteiger partial charge in [0.1, 0.15) is 10.7 Å². The largest absolute Gasteiger partial charge is 0.495 e. The molecule has 0 spiro atoms. The van der Waals surface area contributed by atoms with E-state index in [1.165, 1.54) is 18.1 Å². The van der Waals surface area contributed by atoms with E-state index in [0.717, 1.165) is 24.5 Å². The van der Waals surface area contributed by atoms with Crippen molar-refractivity contribution in [3.05, 3.63) is 50.7 Å². The van der Waals surface area contributed by atoms with Gasteiger partial charge in [-0.1, -0.05) is 11.6 Å². The van der Waals surface area contributed by atoms with Crippen molar-refractivity contribution >= 4 is 29.1 Å². The number of carbonyl (C=O) groups is 1. The third-order valence-electron chi connectivity index (χ3n) is 3.71. The lowest BCUT2D eigenvalue weighted by molar-refractivity contribution is -0.402. The van der Waals surface area contributed by atoms with E-state index in [4.69, 9.17) is 20.8 Å². The molecule has 0 unspecified atom stereocenters. The summed E-state index contributed by atoms with van der Waals surface area (Å²) in [5.74, 6) is -0.492. The molecule has 0 bridgehead atoms. The van der Waals surface area contributed by atoms with Gasteiger partial charge in [0.25, 0.3) is 5.91 Å². The van der Waals surface area contributed by atoms with Gasteiger partial charge in [0, 0.05) is 11.6 Å². The molecule has 3 rings (SSSR count). The van der Waals surface area contributed by atoms with E-state index < -0.39 is 16.7 Å². The van der Waals surface area contributed by atoms with Gasteiger partial charge in [-0.2, -0.15) is 0 Å². The van der Waals surface area contributed by atoms with Crippen molar-refractivity contribution in [2.75, 3.05) is 18.6 Å². The summed E-state index contributed by atoms with van der Waals surface area (Å²) in [6.45, 7) is 0.455. The molecular formula is C15H13ClN2O5. The normalized spacial score (nSPS) is 13.6. The van der Waals surface area contributed by atoms with E-state index in [1.54, 1.807) is 12.1 Å². The number of nitro groups is 1.